The molecule has 1 rings (SSSR count). The van der Waals surface area contributed by atoms with Gasteiger partial charge >= 0.3 is 0 Å². The molecule has 1 aromatic carbocycles. The zero-order valence-electron chi connectivity index (χ0n) is 10.8. The quantitative estimate of drug-likeness (QED) is 0.403. The second-order valence-electron chi connectivity index (χ2n) is 4.00. The summed E-state index contributed by atoms with van der Waals surface area (Å²) in [5.41, 5.74) is 0.0133. The summed E-state index contributed by atoms with van der Waals surface area (Å²) in [6, 6.07) is 4.36. The lowest BCUT2D eigenvalue weighted by molar-refractivity contribution is -0.385. The predicted octanol–water partition coefficient (Wildman–Crippen LogP) is 3.56. The van der Waals surface area contributed by atoms with Gasteiger partial charge in [-0.1, -0.05) is 26.2 Å². The van der Waals surface area contributed by atoms with Crippen molar-refractivity contribution in [1.29, 1.82) is 0 Å². The normalized spacial score (nSPS) is 10.1. The van der Waals surface area contributed by atoms with Crippen molar-refractivity contribution in [1.82, 2.24) is 0 Å². The van der Waals surface area contributed by atoms with E-state index in [2.05, 4.69) is 6.92 Å². The van der Waals surface area contributed by atoms with Crippen LogP contribution in [0.5, 0.6) is 11.5 Å². The van der Waals surface area contributed by atoms with E-state index in [-0.39, 0.29) is 5.69 Å². The predicted molar refractivity (Wildman–Crippen MR) is 69.3 cm³/mol. The number of nitro benzene ring substituents is 1. The number of nitro groups is 1. The van der Waals surface area contributed by atoms with Crippen LogP contribution in [0.1, 0.15) is 32.6 Å². The molecule has 0 fully saturated rings. The van der Waals surface area contributed by atoms with Crippen LogP contribution in [0.15, 0.2) is 18.2 Å². The summed E-state index contributed by atoms with van der Waals surface area (Å²) < 4.78 is 10.6. The summed E-state index contributed by atoms with van der Waals surface area (Å²) in [6.07, 6.45) is 4.39. The van der Waals surface area contributed by atoms with E-state index in [4.69, 9.17) is 9.47 Å². The minimum Gasteiger partial charge on any atom is -0.493 e. The van der Waals surface area contributed by atoms with Crippen molar-refractivity contribution in [2.24, 2.45) is 0 Å². The molecule has 0 aliphatic heterocycles. The highest BCUT2D eigenvalue weighted by Gasteiger charge is 2.12. The molecule has 0 spiro atoms. The van der Waals surface area contributed by atoms with Crippen LogP contribution in [-0.4, -0.2) is 18.6 Å². The first-order valence-corrected chi connectivity index (χ1v) is 6.14. The molecule has 0 aliphatic carbocycles. The number of methoxy groups -OCH3 is 1. The van der Waals surface area contributed by atoms with E-state index < -0.39 is 4.92 Å². The van der Waals surface area contributed by atoms with E-state index in [9.17, 15) is 10.1 Å². The maximum Gasteiger partial charge on any atom is 0.273 e. The van der Waals surface area contributed by atoms with Gasteiger partial charge in [0.1, 0.15) is 0 Å². The summed E-state index contributed by atoms with van der Waals surface area (Å²) in [5.74, 6) is 0.958. The van der Waals surface area contributed by atoms with E-state index in [1.165, 1.54) is 32.1 Å². The van der Waals surface area contributed by atoms with Gasteiger partial charge in [0, 0.05) is 6.07 Å². The third-order valence-electron chi connectivity index (χ3n) is 2.61. The molecular weight excluding hydrogens is 234 g/mol. The fourth-order valence-corrected chi connectivity index (χ4v) is 1.60. The third-order valence-corrected chi connectivity index (χ3v) is 2.61. The van der Waals surface area contributed by atoms with Crippen molar-refractivity contribution in [2.45, 2.75) is 32.6 Å². The van der Waals surface area contributed by atoms with Crippen molar-refractivity contribution < 1.29 is 14.4 Å². The lowest BCUT2D eigenvalue weighted by atomic mass is 10.2. The van der Waals surface area contributed by atoms with E-state index in [1.54, 1.807) is 6.07 Å². The van der Waals surface area contributed by atoms with Crippen molar-refractivity contribution in [3.8, 4) is 11.5 Å². The maximum atomic E-state index is 10.7. The SMILES string of the molecule is CCCCCCOc1cc([N+](=O)[O-])ccc1OC. The number of unbranched alkanes of at least 4 members (excludes halogenated alkanes) is 3. The number of ether oxygens (including phenoxy) is 2. The second-order valence-corrected chi connectivity index (χ2v) is 4.00. The van der Waals surface area contributed by atoms with Crippen LogP contribution >= 0.6 is 0 Å². The Morgan fingerprint density at radius 1 is 1.22 bits per heavy atom. The van der Waals surface area contributed by atoms with Crippen molar-refractivity contribution in [3.05, 3.63) is 28.3 Å². The van der Waals surface area contributed by atoms with Crippen LogP contribution in [0.3, 0.4) is 0 Å². The highest BCUT2D eigenvalue weighted by molar-refractivity contribution is 5.48. The van der Waals surface area contributed by atoms with Crippen LogP contribution in [-0.2, 0) is 0 Å². The molecule has 0 atom stereocenters. The minimum atomic E-state index is -0.441. The highest BCUT2D eigenvalue weighted by Crippen LogP contribution is 2.31. The summed E-state index contributed by atoms with van der Waals surface area (Å²) in [6.45, 7) is 2.70. The molecule has 0 aromatic heterocycles. The molecule has 0 unspecified atom stereocenters. The van der Waals surface area contributed by atoms with E-state index >= 15 is 0 Å². The van der Waals surface area contributed by atoms with Crippen molar-refractivity contribution >= 4 is 5.69 Å². The van der Waals surface area contributed by atoms with Gasteiger partial charge in [-0.2, -0.15) is 0 Å². The molecule has 5 nitrogen and oxygen atoms in total. The van der Waals surface area contributed by atoms with Crippen LogP contribution in [0.2, 0.25) is 0 Å². The Kier molecular flexibility index (Phi) is 5.97. The molecule has 0 radical (unpaired) electrons. The largest absolute Gasteiger partial charge is 0.493 e. The lowest BCUT2D eigenvalue weighted by Gasteiger charge is -2.10. The van der Waals surface area contributed by atoms with E-state index in [0.29, 0.717) is 18.1 Å². The van der Waals surface area contributed by atoms with Gasteiger partial charge in [-0.15, -0.1) is 0 Å². The zero-order valence-corrected chi connectivity index (χ0v) is 10.8. The summed E-state index contributed by atoms with van der Waals surface area (Å²) in [5, 5.41) is 10.7. The highest BCUT2D eigenvalue weighted by atomic mass is 16.6. The Morgan fingerprint density at radius 3 is 2.61 bits per heavy atom. The molecule has 0 N–H and O–H groups in total. The monoisotopic (exact) mass is 253 g/mol. The average Bonchev–Trinajstić information content (AvgIpc) is 2.38. The van der Waals surface area contributed by atoms with Gasteiger partial charge in [-0.05, 0) is 12.5 Å². The van der Waals surface area contributed by atoms with Gasteiger partial charge < -0.3 is 9.47 Å². The van der Waals surface area contributed by atoms with E-state index in [0.717, 1.165) is 12.8 Å². The Morgan fingerprint density at radius 2 is 2.00 bits per heavy atom. The number of rotatable bonds is 8. The minimum absolute atomic E-state index is 0.0133. The van der Waals surface area contributed by atoms with Crippen LogP contribution < -0.4 is 9.47 Å². The van der Waals surface area contributed by atoms with Gasteiger partial charge in [0.2, 0.25) is 0 Å². The van der Waals surface area contributed by atoms with Gasteiger partial charge in [0.25, 0.3) is 5.69 Å². The molecule has 0 amide bonds. The first-order chi connectivity index (χ1) is 8.69. The second kappa shape index (κ2) is 7.53. The molecule has 0 bridgehead atoms. The Balaban J connectivity index is 2.61. The number of nitrogens with zero attached hydrogens (tertiary/aromatic N) is 1. The third kappa shape index (κ3) is 4.24. The molecule has 0 aliphatic rings. The smallest absolute Gasteiger partial charge is 0.273 e. The van der Waals surface area contributed by atoms with Gasteiger partial charge in [0.05, 0.1) is 24.7 Å². The Bertz CT molecular complexity index is 393. The number of benzene rings is 1. The molecule has 100 valence electrons. The van der Waals surface area contributed by atoms with Gasteiger partial charge in [0.15, 0.2) is 11.5 Å². The van der Waals surface area contributed by atoms with Gasteiger partial charge in [-0.25, -0.2) is 0 Å². The first-order valence-electron chi connectivity index (χ1n) is 6.14. The van der Waals surface area contributed by atoms with Crippen LogP contribution in [0.4, 0.5) is 5.69 Å². The summed E-state index contributed by atoms with van der Waals surface area (Å²) in [7, 11) is 1.52. The molecular formula is C13H19NO4. The topological polar surface area (TPSA) is 61.6 Å². The van der Waals surface area contributed by atoms with Crippen molar-refractivity contribution in [3.63, 3.8) is 0 Å². The standard InChI is InChI=1S/C13H19NO4/c1-3-4-5-6-9-18-13-10-11(14(15)16)7-8-12(13)17-2/h7-8,10H,3-6,9H2,1-2H3. The number of non-ortho nitro benzene ring substituents is 1. The fraction of sp³-hybridized carbons (Fsp3) is 0.538. The summed E-state index contributed by atoms with van der Waals surface area (Å²) >= 11 is 0. The molecule has 0 saturated heterocycles. The van der Waals surface area contributed by atoms with E-state index in [1.807, 2.05) is 0 Å². The Labute approximate surface area is 107 Å². The molecule has 1 aromatic rings. The fourth-order valence-electron chi connectivity index (χ4n) is 1.60. The summed E-state index contributed by atoms with van der Waals surface area (Å²) in [4.78, 5) is 10.2. The molecule has 18 heavy (non-hydrogen) atoms. The number of hydrogen-bond acceptors (Lipinski definition) is 4. The van der Waals surface area contributed by atoms with Crippen molar-refractivity contribution in [2.75, 3.05) is 13.7 Å². The van der Waals surface area contributed by atoms with Crippen LogP contribution in [0.25, 0.3) is 0 Å². The zero-order chi connectivity index (χ0) is 13.4. The Hall–Kier alpha value is -1.78. The molecule has 0 saturated carbocycles. The van der Waals surface area contributed by atoms with Crippen LogP contribution in [0, 0.1) is 10.1 Å². The van der Waals surface area contributed by atoms with Gasteiger partial charge in [-0.3, -0.25) is 10.1 Å². The number of hydrogen-bond donors (Lipinski definition) is 0. The average molecular weight is 253 g/mol. The lowest BCUT2D eigenvalue weighted by Crippen LogP contribution is -2.00. The molecule has 5 heteroatoms. The first kappa shape index (κ1) is 14.3. The molecule has 0 heterocycles. The maximum absolute atomic E-state index is 10.7.